The predicted molar refractivity (Wildman–Crippen MR) is 46.0 cm³/mol. The van der Waals surface area contributed by atoms with Crippen molar-refractivity contribution in [3.8, 4) is 0 Å². The smallest absolute Gasteiger partial charge is 0.308 e. The summed E-state index contributed by atoms with van der Waals surface area (Å²) >= 11 is 11.2. The Labute approximate surface area is 78.0 Å². The lowest BCUT2D eigenvalue weighted by Crippen LogP contribution is -2.29. The highest BCUT2D eigenvalue weighted by Crippen LogP contribution is 2.19. The van der Waals surface area contributed by atoms with Gasteiger partial charge in [-0.1, -0.05) is 11.6 Å². The summed E-state index contributed by atoms with van der Waals surface area (Å²) in [7, 11) is 0. The molecule has 7 heteroatoms. The van der Waals surface area contributed by atoms with E-state index in [2.05, 4.69) is 4.99 Å². The van der Waals surface area contributed by atoms with E-state index >= 15 is 0 Å². The molecule has 0 spiro atoms. The van der Waals surface area contributed by atoms with Crippen LogP contribution in [0.1, 0.15) is 0 Å². The zero-order valence-electron chi connectivity index (χ0n) is 5.78. The lowest BCUT2D eigenvalue weighted by atomic mass is 10.2. The maximum atomic E-state index is 10.3. The highest BCUT2D eigenvalue weighted by Gasteiger charge is 2.28. The van der Waals surface area contributed by atoms with Crippen LogP contribution < -0.4 is 5.73 Å². The second kappa shape index (κ2) is 3.28. The first-order valence-corrected chi connectivity index (χ1v) is 3.87. The minimum Gasteiger partial charge on any atom is -0.378 e. The summed E-state index contributed by atoms with van der Waals surface area (Å²) in [4.78, 5) is 13.2. The number of rotatable bonds is 1. The van der Waals surface area contributed by atoms with E-state index in [1.54, 1.807) is 0 Å². The molecule has 2 atom stereocenters. The van der Waals surface area contributed by atoms with Crippen LogP contribution in [0.4, 0.5) is 0 Å². The molecule has 1 heterocycles. The normalized spacial score (nSPS) is 29.2. The summed E-state index contributed by atoms with van der Waals surface area (Å²) in [6.07, 6.45) is 1.18. The molecule has 0 aromatic rings. The largest absolute Gasteiger partial charge is 0.378 e. The van der Waals surface area contributed by atoms with Crippen molar-refractivity contribution in [1.82, 2.24) is 0 Å². The van der Waals surface area contributed by atoms with Gasteiger partial charge < -0.3 is 5.73 Å². The Balaban J connectivity index is 2.96. The van der Waals surface area contributed by atoms with Crippen molar-refractivity contribution in [1.29, 1.82) is 0 Å². The number of halogens is 2. The van der Waals surface area contributed by atoms with Gasteiger partial charge in [-0.25, -0.2) is 4.99 Å². The molecule has 1 rings (SSSR count). The number of aliphatic imine (C=N–C) groups is 1. The van der Waals surface area contributed by atoms with Gasteiger partial charge in [0.1, 0.15) is 5.50 Å². The Morgan fingerprint density at radius 2 is 2.25 bits per heavy atom. The molecule has 0 bridgehead atoms. The van der Waals surface area contributed by atoms with Crippen LogP contribution >= 0.6 is 23.2 Å². The molecule has 1 aliphatic rings. The lowest BCUT2D eigenvalue weighted by molar-refractivity contribution is -0.415. The fraction of sp³-hybridized carbons (Fsp3) is 0.400. The molecule has 2 unspecified atom stereocenters. The van der Waals surface area contributed by atoms with Crippen molar-refractivity contribution in [2.45, 2.75) is 10.9 Å². The van der Waals surface area contributed by atoms with Crippen LogP contribution in [0.2, 0.25) is 0 Å². The van der Waals surface area contributed by atoms with Gasteiger partial charge in [-0.15, -0.1) is 11.6 Å². The maximum absolute atomic E-state index is 10.3. The topological polar surface area (TPSA) is 81.5 Å². The molecule has 0 aromatic carbocycles. The second-order valence-electron chi connectivity index (χ2n) is 2.14. The van der Waals surface area contributed by atoms with Crippen LogP contribution in [-0.4, -0.2) is 21.6 Å². The molecule has 0 saturated carbocycles. The molecule has 0 amide bonds. The minimum atomic E-state index is -0.727. The number of hydrogen-bond acceptors (Lipinski definition) is 4. The third-order valence-electron chi connectivity index (χ3n) is 1.30. The van der Waals surface area contributed by atoms with Gasteiger partial charge >= 0.3 is 5.70 Å². The minimum absolute atomic E-state index is 0.183. The zero-order valence-corrected chi connectivity index (χ0v) is 7.29. The molecule has 0 fully saturated rings. The molecule has 1 aliphatic heterocycles. The predicted octanol–water partition coefficient (Wildman–Crippen LogP) is 0.690. The molecule has 66 valence electrons. The Kier molecular flexibility index (Phi) is 2.54. The number of amidine groups is 1. The number of hydrogen-bond donors (Lipinski definition) is 1. The molecule has 0 saturated heterocycles. The first-order chi connectivity index (χ1) is 5.52. The van der Waals surface area contributed by atoms with Crippen molar-refractivity contribution in [2.75, 3.05) is 0 Å². The Morgan fingerprint density at radius 1 is 1.67 bits per heavy atom. The summed E-state index contributed by atoms with van der Waals surface area (Å²) in [5, 5.41) is 9.61. The number of alkyl halides is 2. The summed E-state index contributed by atoms with van der Waals surface area (Å²) in [6.45, 7) is 0. The molecule has 0 aromatic heterocycles. The third kappa shape index (κ3) is 1.67. The van der Waals surface area contributed by atoms with Gasteiger partial charge in [-0.3, -0.25) is 10.1 Å². The molecular weight excluding hydrogens is 205 g/mol. The van der Waals surface area contributed by atoms with Crippen molar-refractivity contribution in [2.24, 2.45) is 10.7 Å². The van der Waals surface area contributed by atoms with E-state index in [1.165, 1.54) is 6.08 Å². The Bertz CT molecular complexity index is 276. The fourth-order valence-corrected chi connectivity index (χ4v) is 1.09. The van der Waals surface area contributed by atoms with Gasteiger partial charge in [0.25, 0.3) is 0 Å². The van der Waals surface area contributed by atoms with E-state index in [0.717, 1.165) is 0 Å². The van der Waals surface area contributed by atoms with Gasteiger partial charge in [0.2, 0.25) is 0 Å². The van der Waals surface area contributed by atoms with E-state index in [9.17, 15) is 10.1 Å². The van der Waals surface area contributed by atoms with E-state index in [0.29, 0.717) is 0 Å². The van der Waals surface area contributed by atoms with Crippen LogP contribution in [0.25, 0.3) is 0 Å². The SMILES string of the molecule is NC1=NC(Cl)C(Cl)C=C1[N+](=O)[O-]. The third-order valence-corrected chi connectivity index (χ3v) is 2.16. The average molecular weight is 210 g/mol. The van der Waals surface area contributed by atoms with Crippen molar-refractivity contribution >= 4 is 29.0 Å². The number of nitrogens with zero attached hydrogens (tertiary/aromatic N) is 2. The van der Waals surface area contributed by atoms with Gasteiger partial charge in [0, 0.05) is 6.08 Å². The van der Waals surface area contributed by atoms with Crippen molar-refractivity contribution in [3.63, 3.8) is 0 Å². The second-order valence-corrected chi connectivity index (χ2v) is 3.09. The average Bonchev–Trinajstić information content (AvgIpc) is 1.96. The first kappa shape index (κ1) is 9.28. The summed E-state index contributed by atoms with van der Waals surface area (Å²) in [5.41, 5.74) is 4.22. The van der Waals surface area contributed by atoms with Crippen molar-refractivity contribution in [3.05, 3.63) is 21.9 Å². The summed E-state index contributed by atoms with van der Waals surface area (Å²) in [6, 6.07) is 0. The Morgan fingerprint density at radius 3 is 2.75 bits per heavy atom. The van der Waals surface area contributed by atoms with Crippen LogP contribution in [-0.2, 0) is 0 Å². The lowest BCUT2D eigenvalue weighted by Gasteiger charge is -2.13. The van der Waals surface area contributed by atoms with Crippen LogP contribution in [0.15, 0.2) is 16.8 Å². The number of nitrogens with two attached hydrogens (primary N) is 1. The highest BCUT2D eigenvalue weighted by atomic mass is 35.5. The van der Waals surface area contributed by atoms with E-state index < -0.39 is 15.8 Å². The molecule has 2 N–H and O–H groups in total. The monoisotopic (exact) mass is 209 g/mol. The van der Waals surface area contributed by atoms with E-state index in [1.807, 2.05) is 0 Å². The zero-order chi connectivity index (χ0) is 9.30. The standard InChI is InChI=1S/C5H5Cl2N3O2/c6-2-1-3(10(11)12)5(8)9-4(2)7/h1-2,4H,(H2,8,9). The number of dihydropyridines is 1. The number of nitro groups is 1. The van der Waals surface area contributed by atoms with Crippen molar-refractivity contribution < 1.29 is 4.92 Å². The highest BCUT2D eigenvalue weighted by molar-refractivity contribution is 6.32. The maximum Gasteiger partial charge on any atom is 0.308 e. The van der Waals surface area contributed by atoms with Crippen LogP contribution in [0.5, 0.6) is 0 Å². The van der Waals surface area contributed by atoms with Crippen LogP contribution in [0.3, 0.4) is 0 Å². The van der Waals surface area contributed by atoms with Gasteiger partial charge in [0.15, 0.2) is 5.84 Å². The Hall–Kier alpha value is -0.810. The van der Waals surface area contributed by atoms with Gasteiger partial charge in [0.05, 0.1) is 10.3 Å². The molecule has 0 radical (unpaired) electrons. The summed E-state index contributed by atoms with van der Waals surface area (Å²) in [5.74, 6) is -0.183. The van der Waals surface area contributed by atoms with Gasteiger partial charge in [-0.05, 0) is 0 Å². The first-order valence-electron chi connectivity index (χ1n) is 3.00. The fourth-order valence-electron chi connectivity index (χ4n) is 0.740. The quantitative estimate of drug-likeness (QED) is 0.299. The van der Waals surface area contributed by atoms with E-state index in [-0.39, 0.29) is 11.5 Å². The molecule has 12 heavy (non-hydrogen) atoms. The van der Waals surface area contributed by atoms with Crippen LogP contribution in [0, 0.1) is 10.1 Å². The van der Waals surface area contributed by atoms with Gasteiger partial charge in [-0.2, -0.15) is 0 Å². The summed E-state index contributed by atoms with van der Waals surface area (Å²) < 4.78 is 0. The molecule has 0 aliphatic carbocycles. The van der Waals surface area contributed by atoms with E-state index in [4.69, 9.17) is 28.9 Å². The molecule has 5 nitrogen and oxygen atoms in total. The molecular formula is C5H5Cl2N3O2.